The Hall–Kier alpha value is -2.26. The zero-order valence-electron chi connectivity index (χ0n) is 18.7. The van der Waals surface area contributed by atoms with E-state index in [1.165, 1.54) is 0 Å². The highest BCUT2D eigenvalue weighted by Crippen LogP contribution is 2.14. The molecule has 0 unspecified atom stereocenters. The summed E-state index contributed by atoms with van der Waals surface area (Å²) >= 11 is 0. The van der Waals surface area contributed by atoms with Crippen LogP contribution in [0.4, 0.5) is 0 Å². The van der Waals surface area contributed by atoms with Gasteiger partial charge < -0.3 is 16.0 Å². The molecule has 1 saturated heterocycles. The molecule has 0 aliphatic carbocycles. The van der Waals surface area contributed by atoms with Crippen LogP contribution in [0, 0.1) is 0 Å². The van der Waals surface area contributed by atoms with E-state index >= 15 is 0 Å². The van der Waals surface area contributed by atoms with Gasteiger partial charge in [0.1, 0.15) is 0 Å². The van der Waals surface area contributed by atoms with Gasteiger partial charge in [-0.05, 0) is 36.0 Å². The molecule has 3 rings (SSSR count). The SMILES string of the molecule is CCCS(=O)(=O)NCc1cccc(C[C@H](N)C[C@@H]2NCCN(Cc3ccccc3)C2=O)c1. The molecular formula is C24H34N4O3S. The highest BCUT2D eigenvalue weighted by Gasteiger charge is 2.29. The summed E-state index contributed by atoms with van der Waals surface area (Å²) in [6, 6.07) is 17.3. The first kappa shape index (κ1) is 24.4. The predicted molar refractivity (Wildman–Crippen MR) is 127 cm³/mol. The monoisotopic (exact) mass is 458 g/mol. The molecule has 0 saturated carbocycles. The first-order valence-corrected chi connectivity index (χ1v) is 12.9. The van der Waals surface area contributed by atoms with E-state index in [4.69, 9.17) is 5.73 Å². The molecular weight excluding hydrogens is 424 g/mol. The number of piperazine rings is 1. The first-order valence-electron chi connectivity index (χ1n) is 11.2. The minimum absolute atomic E-state index is 0.0923. The van der Waals surface area contributed by atoms with Crippen LogP contribution >= 0.6 is 0 Å². The number of rotatable bonds is 11. The lowest BCUT2D eigenvalue weighted by Gasteiger charge is -2.34. The third-order valence-corrected chi connectivity index (χ3v) is 7.13. The van der Waals surface area contributed by atoms with Crippen LogP contribution in [0.3, 0.4) is 0 Å². The third kappa shape index (κ3) is 7.41. The smallest absolute Gasteiger partial charge is 0.240 e. The highest BCUT2D eigenvalue weighted by molar-refractivity contribution is 7.89. The van der Waals surface area contributed by atoms with Crippen molar-refractivity contribution in [1.29, 1.82) is 0 Å². The number of hydrogen-bond acceptors (Lipinski definition) is 5. The summed E-state index contributed by atoms with van der Waals surface area (Å²) in [6.07, 6.45) is 1.76. The number of carbonyl (C=O) groups excluding carboxylic acids is 1. The predicted octanol–water partition coefficient (Wildman–Crippen LogP) is 1.78. The topological polar surface area (TPSA) is 105 Å². The zero-order chi connectivity index (χ0) is 23.0. The summed E-state index contributed by atoms with van der Waals surface area (Å²) in [5.41, 5.74) is 9.46. The maximum absolute atomic E-state index is 12.9. The summed E-state index contributed by atoms with van der Waals surface area (Å²) in [5.74, 6) is 0.219. The summed E-state index contributed by atoms with van der Waals surface area (Å²) in [4.78, 5) is 14.8. The summed E-state index contributed by atoms with van der Waals surface area (Å²) in [6.45, 7) is 4.17. The molecule has 32 heavy (non-hydrogen) atoms. The van der Waals surface area contributed by atoms with Crippen LogP contribution in [0.15, 0.2) is 54.6 Å². The van der Waals surface area contributed by atoms with E-state index in [-0.39, 0.29) is 30.3 Å². The van der Waals surface area contributed by atoms with Gasteiger partial charge in [-0.3, -0.25) is 4.79 Å². The first-order chi connectivity index (χ1) is 15.4. The largest absolute Gasteiger partial charge is 0.336 e. The van der Waals surface area contributed by atoms with Crippen LogP contribution in [0.1, 0.15) is 36.5 Å². The Kier molecular flexibility index (Phi) is 8.81. The Labute approximate surface area is 191 Å². The van der Waals surface area contributed by atoms with Crippen molar-refractivity contribution in [2.24, 2.45) is 5.73 Å². The average Bonchev–Trinajstić information content (AvgIpc) is 2.76. The molecule has 1 heterocycles. The van der Waals surface area contributed by atoms with E-state index in [0.717, 1.165) is 23.2 Å². The number of nitrogens with one attached hydrogen (secondary N) is 2. The number of sulfonamides is 1. The van der Waals surface area contributed by atoms with Crippen molar-refractivity contribution in [3.63, 3.8) is 0 Å². The molecule has 2 aromatic rings. The van der Waals surface area contributed by atoms with Gasteiger partial charge in [0.05, 0.1) is 11.8 Å². The Balaban J connectivity index is 1.53. The fourth-order valence-corrected chi connectivity index (χ4v) is 5.09. The summed E-state index contributed by atoms with van der Waals surface area (Å²) < 4.78 is 26.4. The van der Waals surface area contributed by atoms with Gasteiger partial charge in [-0.1, -0.05) is 61.5 Å². The van der Waals surface area contributed by atoms with E-state index < -0.39 is 10.0 Å². The molecule has 8 heteroatoms. The molecule has 1 aliphatic heterocycles. The van der Waals surface area contributed by atoms with Crippen LogP contribution in [-0.2, 0) is 34.3 Å². The fraction of sp³-hybridized carbons (Fsp3) is 0.458. The molecule has 2 aromatic carbocycles. The maximum Gasteiger partial charge on any atom is 0.240 e. The molecule has 174 valence electrons. The van der Waals surface area contributed by atoms with Crippen molar-refractivity contribution in [3.05, 3.63) is 71.3 Å². The van der Waals surface area contributed by atoms with Crippen molar-refractivity contribution < 1.29 is 13.2 Å². The van der Waals surface area contributed by atoms with Crippen LogP contribution in [-0.4, -0.2) is 50.2 Å². The normalized spacial score (nSPS) is 18.0. The Morgan fingerprint density at radius 3 is 2.59 bits per heavy atom. The van der Waals surface area contributed by atoms with Gasteiger partial charge in [-0.15, -0.1) is 0 Å². The van der Waals surface area contributed by atoms with Crippen LogP contribution in [0.5, 0.6) is 0 Å². The second-order valence-corrected chi connectivity index (χ2v) is 10.3. The van der Waals surface area contributed by atoms with Crippen LogP contribution < -0.4 is 15.8 Å². The average molecular weight is 459 g/mol. The minimum Gasteiger partial charge on any atom is -0.336 e. The molecule has 4 N–H and O–H groups in total. The quantitative estimate of drug-likeness (QED) is 0.476. The van der Waals surface area contributed by atoms with Gasteiger partial charge in [0.2, 0.25) is 15.9 Å². The van der Waals surface area contributed by atoms with Gasteiger partial charge in [0, 0.05) is 32.2 Å². The van der Waals surface area contributed by atoms with Crippen molar-refractivity contribution in [1.82, 2.24) is 14.9 Å². The van der Waals surface area contributed by atoms with Crippen molar-refractivity contribution in [2.45, 2.75) is 51.4 Å². The van der Waals surface area contributed by atoms with Gasteiger partial charge in [0.15, 0.2) is 0 Å². The fourth-order valence-electron chi connectivity index (χ4n) is 4.03. The van der Waals surface area contributed by atoms with Gasteiger partial charge in [-0.25, -0.2) is 13.1 Å². The molecule has 1 fully saturated rings. The second-order valence-electron chi connectivity index (χ2n) is 8.41. The molecule has 0 bridgehead atoms. The second kappa shape index (κ2) is 11.6. The summed E-state index contributed by atoms with van der Waals surface area (Å²) in [7, 11) is -3.24. The van der Waals surface area contributed by atoms with E-state index in [9.17, 15) is 13.2 Å². The van der Waals surface area contributed by atoms with Gasteiger partial charge >= 0.3 is 0 Å². The third-order valence-electron chi connectivity index (χ3n) is 5.60. The van der Waals surface area contributed by atoms with Crippen molar-refractivity contribution in [3.8, 4) is 0 Å². The van der Waals surface area contributed by atoms with Gasteiger partial charge in [-0.2, -0.15) is 0 Å². The molecule has 0 radical (unpaired) electrons. The number of nitrogens with two attached hydrogens (primary N) is 1. The number of amides is 1. The number of benzene rings is 2. The highest BCUT2D eigenvalue weighted by atomic mass is 32.2. The lowest BCUT2D eigenvalue weighted by atomic mass is 9.97. The zero-order valence-corrected chi connectivity index (χ0v) is 19.5. The summed E-state index contributed by atoms with van der Waals surface area (Å²) in [5, 5.41) is 3.31. The minimum atomic E-state index is -3.24. The lowest BCUT2D eigenvalue weighted by Crippen LogP contribution is -2.56. The van der Waals surface area contributed by atoms with E-state index in [0.29, 0.717) is 32.4 Å². The number of carbonyl (C=O) groups is 1. The van der Waals surface area contributed by atoms with E-state index in [1.54, 1.807) is 0 Å². The van der Waals surface area contributed by atoms with Crippen LogP contribution in [0.25, 0.3) is 0 Å². The van der Waals surface area contributed by atoms with Gasteiger partial charge in [0.25, 0.3) is 0 Å². The number of nitrogens with zero attached hydrogens (tertiary/aromatic N) is 1. The lowest BCUT2D eigenvalue weighted by molar-refractivity contribution is -0.136. The van der Waals surface area contributed by atoms with E-state index in [1.807, 2.05) is 66.4 Å². The molecule has 0 spiro atoms. The maximum atomic E-state index is 12.9. The Morgan fingerprint density at radius 2 is 1.84 bits per heavy atom. The number of hydrogen-bond donors (Lipinski definition) is 3. The molecule has 1 aliphatic rings. The van der Waals surface area contributed by atoms with Crippen molar-refractivity contribution >= 4 is 15.9 Å². The molecule has 7 nitrogen and oxygen atoms in total. The molecule has 0 aromatic heterocycles. The van der Waals surface area contributed by atoms with E-state index in [2.05, 4.69) is 10.0 Å². The van der Waals surface area contributed by atoms with Crippen molar-refractivity contribution in [2.75, 3.05) is 18.8 Å². The standard InChI is InChI=1S/C24H34N4O3S/c1-2-13-32(30,31)27-17-21-10-6-9-20(14-21)15-22(25)16-23-24(29)28(12-11-26-23)18-19-7-4-3-5-8-19/h3-10,14,22-23,26-27H,2,11-13,15-18,25H2,1H3/t22-,23-/m0/s1. The Bertz CT molecular complexity index is 982. The Morgan fingerprint density at radius 1 is 1.12 bits per heavy atom. The molecule has 2 atom stereocenters. The van der Waals surface area contributed by atoms with Crippen LogP contribution in [0.2, 0.25) is 0 Å². The molecule has 1 amide bonds.